The van der Waals surface area contributed by atoms with Crippen molar-refractivity contribution in [2.45, 2.75) is 32.1 Å². The number of para-hydroxylation sites is 2. The zero-order valence-electron chi connectivity index (χ0n) is 24.4. The van der Waals surface area contributed by atoms with Crippen LogP contribution < -0.4 is 4.90 Å². The Labute approximate surface area is 251 Å². The zero-order chi connectivity index (χ0) is 28.7. The molecule has 206 valence electrons. The summed E-state index contributed by atoms with van der Waals surface area (Å²) in [5, 5.41) is 5.13. The van der Waals surface area contributed by atoms with Crippen LogP contribution in [0, 0.1) is 0 Å². The molecule has 0 spiro atoms. The summed E-state index contributed by atoms with van der Waals surface area (Å²) in [6.07, 6.45) is 10.5. The number of pyridine rings is 1. The van der Waals surface area contributed by atoms with Gasteiger partial charge >= 0.3 is 0 Å². The highest BCUT2D eigenvalue weighted by molar-refractivity contribution is 6.13. The maximum atomic E-state index is 4.56. The molecule has 2 aliphatic rings. The van der Waals surface area contributed by atoms with Crippen LogP contribution in [0.5, 0.6) is 0 Å². The summed E-state index contributed by atoms with van der Waals surface area (Å²) >= 11 is 0. The van der Waals surface area contributed by atoms with E-state index in [1.54, 1.807) is 0 Å². The lowest BCUT2D eigenvalue weighted by Crippen LogP contribution is -2.26. The summed E-state index contributed by atoms with van der Waals surface area (Å²) in [7, 11) is 0. The third kappa shape index (κ3) is 3.39. The SMILES string of the molecule is CC1(C)c2ccccc2-n2c3ccc(N(c4cccnc4)c4cc5ccccc5c5c4CCC=C5)cc3c3cccc1c32. The average Bonchev–Trinajstić information content (AvgIpc) is 3.39. The van der Waals surface area contributed by atoms with E-state index in [2.05, 4.69) is 138 Å². The van der Waals surface area contributed by atoms with Gasteiger partial charge in [-0.1, -0.05) is 86.7 Å². The lowest BCUT2D eigenvalue weighted by molar-refractivity contribution is 0.630. The molecule has 43 heavy (non-hydrogen) atoms. The number of nitrogens with zero attached hydrogens (tertiary/aromatic N) is 3. The molecule has 3 heteroatoms. The largest absolute Gasteiger partial charge is 0.309 e. The van der Waals surface area contributed by atoms with Crippen molar-refractivity contribution in [3.63, 3.8) is 0 Å². The molecule has 0 bridgehead atoms. The number of hydrogen-bond acceptors (Lipinski definition) is 2. The Morgan fingerprint density at radius 3 is 2.49 bits per heavy atom. The topological polar surface area (TPSA) is 21.1 Å². The fraction of sp³-hybridized carbons (Fsp3) is 0.125. The van der Waals surface area contributed by atoms with Crippen LogP contribution in [0.3, 0.4) is 0 Å². The molecule has 0 unspecified atom stereocenters. The van der Waals surface area contributed by atoms with Crippen molar-refractivity contribution in [3.8, 4) is 5.69 Å². The van der Waals surface area contributed by atoms with Gasteiger partial charge in [-0.3, -0.25) is 4.98 Å². The Kier molecular flexibility index (Phi) is 5.07. The lowest BCUT2D eigenvalue weighted by atomic mass is 9.75. The Morgan fingerprint density at radius 2 is 1.58 bits per heavy atom. The van der Waals surface area contributed by atoms with E-state index >= 15 is 0 Å². The van der Waals surface area contributed by atoms with Crippen LogP contribution in [-0.4, -0.2) is 9.55 Å². The molecule has 0 amide bonds. The number of fused-ring (bicyclic) bond motifs is 8. The van der Waals surface area contributed by atoms with Crippen LogP contribution in [0.2, 0.25) is 0 Å². The van der Waals surface area contributed by atoms with Gasteiger partial charge in [-0.25, -0.2) is 0 Å². The van der Waals surface area contributed by atoms with E-state index < -0.39 is 0 Å². The van der Waals surface area contributed by atoms with Gasteiger partial charge in [-0.15, -0.1) is 0 Å². The van der Waals surface area contributed by atoms with Crippen molar-refractivity contribution < 1.29 is 0 Å². The highest BCUT2D eigenvalue weighted by Gasteiger charge is 2.35. The fourth-order valence-electron chi connectivity index (χ4n) is 7.69. The first-order valence-electron chi connectivity index (χ1n) is 15.2. The van der Waals surface area contributed by atoms with Crippen molar-refractivity contribution in [3.05, 3.63) is 144 Å². The molecule has 3 heterocycles. The Balaban J connectivity index is 1.35. The molecule has 2 aromatic heterocycles. The van der Waals surface area contributed by atoms with Crippen LogP contribution in [0.1, 0.15) is 42.5 Å². The maximum Gasteiger partial charge on any atom is 0.0645 e. The summed E-state index contributed by atoms with van der Waals surface area (Å²) in [6, 6.07) is 38.1. The molecule has 1 aliphatic heterocycles. The Morgan fingerprint density at radius 1 is 0.744 bits per heavy atom. The molecule has 0 fully saturated rings. The molecule has 3 nitrogen and oxygen atoms in total. The van der Waals surface area contributed by atoms with E-state index in [0.717, 1.165) is 24.2 Å². The van der Waals surface area contributed by atoms with E-state index in [0.29, 0.717) is 0 Å². The minimum Gasteiger partial charge on any atom is -0.309 e. The predicted molar refractivity (Wildman–Crippen MR) is 180 cm³/mol. The second kappa shape index (κ2) is 8.92. The molecule has 0 atom stereocenters. The quantitative estimate of drug-likeness (QED) is 0.217. The summed E-state index contributed by atoms with van der Waals surface area (Å²) in [5.74, 6) is 0. The van der Waals surface area contributed by atoms with E-state index in [4.69, 9.17) is 0 Å². The first-order valence-corrected chi connectivity index (χ1v) is 15.2. The standard InChI is InChI=1S/C40H31N3/c1-40(2)34-17-7-8-19-37(34)43-36-21-20-27(24-33(36)32-16-9-18-35(40)39(32)43)42(28-12-10-22-41-25-28)38-23-26-11-3-4-13-29(26)30-14-5-6-15-31(30)38/h3-5,7-14,16-25H,6,15H2,1-2H3. The van der Waals surface area contributed by atoms with Gasteiger partial charge in [0.15, 0.2) is 0 Å². The molecule has 5 aromatic carbocycles. The van der Waals surface area contributed by atoms with Gasteiger partial charge < -0.3 is 9.47 Å². The Bertz CT molecular complexity index is 2270. The van der Waals surface area contributed by atoms with E-state index in [-0.39, 0.29) is 5.41 Å². The third-order valence-corrected chi connectivity index (χ3v) is 9.69. The average molecular weight is 554 g/mol. The number of hydrogen-bond donors (Lipinski definition) is 0. The minimum absolute atomic E-state index is 0.0806. The molecule has 9 rings (SSSR count). The molecule has 7 aromatic rings. The third-order valence-electron chi connectivity index (χ3n) is 9.69. The number of benzene rings is 5. The summed E-state index contributed by atoms with van der Waals surface area (Å²) in [6.45, 7) is 4.71. The minimum atomic E-state index is -0.0806. The second-order valence-corrected chi connectivity index (χ2v) is 12.4. The van der Waals surface area contributed by atoms with Crippen molar-refractivity contribution >= 4 is 55.7 Å². The molecule has 0 N–H and O–H groups in total. The van der Waals surface area contributed by atoms with E-state index in [1.165, 1.54) is 66.2 Å². The smallest absolute Gasteiger partial charge is 0.0645 e. The van der Waals surface area contributed by atoms with Gasteiger partial charge in [-0.2, -0.15) is 0 Å². The summed E-state index contributed by atoms with van der Waals surface area (Å²) in [5.41, 5.74) is 12.7. The van der Waals surface area contributed by atoms with Gasteiger partial charge in [0, 0.05) is 28.1 Å². The van der Waals surface area contributed by atoms with Crippen LogP contribution in [-0.2, 0) is 11.8 Å². The predicted octanol–water partition coefficient (Wildman–Crippen LogP) is 10.4. The van der Waals surface area contributed by atoms with Crippen molar-refractivity contribution in [2.75, 3.05) is 4.90 Å². The molecular formula is C40H31N3. The molecule has 0 saturated carbocycles. The van der Waals surface area contributed by atoms with Crippen LogP contribution >= 0.6 is 0 Å². The van der Waals surface area contributed by atoms with Crippen LogP contribution in [0.15, 0.2) is 122 Å². The van der Waals surface area contributed by atoms with Crippen LogP contribution in [0.4, 0.5) is 17.1 Å². The molecule has 0 saturated heterocycles. The number of anilines is 3. The number of allylic oxidation sites excluding steroid dienone is 1. The van der Waals surface area contributed by atoms with Gasteiger partial charge in [0.05, 0.1) is 34.3 Å². The van der Waals surface area contributed by atoms with Gasteiger partial charge in [-0.05, 0) is 88.3 Å². The van der Waals surface area contributed by atoms with Gasteiger partial charge in [0.25, 0.3) is 0 Å². The van der Waals surface area contributed by atoms with Gasteiger partial charge in [0.2, 0.25) is 0 Å². The zero-order valence-corrected chi connectivity index (χ0v) is 24.4. The lowest BCUT2D eigenvalue weighted by Gasteiger charge is -2.34. The highest BCUT2D eigenvalue weighted by Crippen LogP contribution is 2.49. The highest BCUT2D eigenvalue weighted by atomic mass is 15.2. The van der Waals surface area contributed by atoms with E-state index in [1.807, 2.05) is 18.5 Å². The second-order valence-electron chi connectivity index (χ2n) is 12.4. The number of aromatic nitrogens is 2. The van der Waals surface area contributed by atoms with Crippen molar-refractivity contribution in [1.29, 1.82) is 0 Å². The van der Waals surface area contributed by atoms with Crippen LogP contribution in [0.25, 0.3) is 44.3 Å². The first-order chi connectivity index (χ1) is 21.1. The molecule has 0 radical (unpaired) electrons. The molecule has 1 aliphatic carbocycles. The fourth-order valence-corrected chi connectivity index (χ4v) is 7.69. The van der Waals surface area contributed by atoms with Crippen molar-refractivity contribution in [1.82, 2.24) is 9.55 Å². The Hall–Kier alpha value is -5.15. The van der Waals surface area contributed by atoms with Gasteiger partial charge in [0.1, 0.15) is 0 Å². The summed E-state index contributed by atoms with van der Waals surface area (Å²) < 4.78 is 2.49. The molecular weight excluding hydrogens is 522 g/mol. The number of rotatable bonds is 3. The van der Waals surface area contributed by atoms with E-state index in [9.17, 15) is 0 Å². The summed E-state index contributed by atoms with van der Waals surface area (Å²) in [4.78, 5) is 6.98. The maximum absolute atomic E-state index is 4.56. The van der Waals surface area contributed by atoms with Crippen molar-refractivity contribution in [2.24, 2.45) is 0 Å². The normalized spacial score (nSPS) is 14.7. The first kappa shape index (κ1) is 24.4. The monoisotopic (exact) mass is 553 g/mol.